The first-order valence-corrected chi connectivity index (χ1v) is 6.61. The number of aliphatic imine (C=N–C) groups is 1. The molecule has 0 spiro atoms. The summed E-state index contributed by atoms with van der Waals surface area (Å²) >= 11 is 0. The Kier molecular flexibility index (Phi) is 7.13. The molecule has 0 aliphatic carbocycles. The molecule has 0 unspecified atom stereocenters. The van der Waals surface area contributed by atoms with Gasteiger partial charge in [0.2, 0.25) is 0 Å². The largest absolute Gasteiger partial charge is 0.460 e. The predicted octanol–water partition coefficient (Wildman–Crippen LogP) is 0.501. The fourth-order valence-electron chi connectivity index (χ4n) is 1.64. The zero-order valence-electron chi connectivity index (χ0n) is 11.5. The first-order chi connectivity index (χ1) is 9.59. The van der Waals surface area contributed by atoms with E-state index >= 15 is 0 Å². The molecule has 0 aromatic heterocycles. The molecule has 1 rings (SSSR count). The SMILES string of the molecule is NC(N)=NCCCC[C@H](N)C(=O)OCc1ccccc1. The zero-order chi connectivity index (χ0) is 14.8. The van der Waals surface area contributed by atoms with Crippen LogP contribution in [-0.4, -0.2) is 24.5 Å². The van der Waals surface area contributed by atoms with E-state index in [1.54, 1.807) is 0 Å². The number of unbranched alkanes of at least 4 members (excludes halogenated alkanes) is 1. The first-order valence-electron chi connectivity index (χ1n) is 6.61. The summed E-state index contributed by atoms with van der Waals surface area (Å²) in [7, 11) is 0. The van der Waals surface area contributed by atoms with Crippen LogP contribution in [-0.2, 0) is 16.1 Å². The summed E-state index contributed by atoms with van der Waals surface area (Å²) < 4.78 is 5.15. The number of nitrogens with zero attached hydrogens (tertiary/aromatic N) is 1. The molecule has 0 aliphatic rings. The lowest BCUT2D eigenvalue weighted by Crippen LogP contribution is -2.32. The lowest BCUT2D eigenvalue weighted by molar-refractivity contribution is -0.146. The Morgan fingerprint density at radius 1 is 1.20 bits per heavy atom. The van der Waals surface area contributed by atoms with Crippen LogP contribution in [0.25, 0.3) is 0 Å². The Morgan fingerprint density at radius 3 is 2.55 bits per heavy atom. The number of guanidine groups is 1. The van der Waals surface area contributed by atoms with E-state index in [9.17, 15) is 4.79 Å². The molecule has 1 atom stereocenters. The highest BCUT2D eigenvalue weighted by atomic mass is 16.5. The van der Waals surface area contributed by atoms with Crippen LogP contribution in [0.15, 0.2) is 35.3 Å². The number of ether oxygens (including phenoxy) is 1. The van der Waals surface area contributed by atoms with Crippen LogP contribution in [0.2, 0.25) is 0 Å². The second-order valence-corrected chi connectivity index (χ2v) is 4.50. The van der Waals surface area contributed by atoms with E-state index < -0.39 is 6.04 Å². The minimum Gasteiger partial charge on any atom is -0.460 e. The molecule has 0 saturated heterocycles. The molecule has 0 amide bonds. The highest BCUT2D eigenvalue weighted by Gasteiger charge is 2.14. The second kappa shape index (κ2) is 8.92. The van der Waals surface area contributed by atoms with Gasteiger partial charge in [-0.15, -0.1) is 0 Å². The standard InChI is InChI=1S/C14H22N4O2/c15-12(8-4-5-9-18-14(16)17)13(19)20-10-11-6-2-1-3-7-11/h1-3,6-7,12H,4-5,8-10,15H2,(H4,16,17,18)/t12-/m0/s1. The van der Waals surface area contributed by atoms with E-state index in [0.29, 0.717) is 13.0 Å². The van der Waals surface area contributed by atoms with E-state index in [1.807, 2.05) is 30.3 Å². The van der Waals surface area contributed by atoms with E-state index in [2.05, 4.69) is 4.99 Å². The summed E-state index contributed by atoms with van der Waals surface area (Å²) in [5, 5.41) is 0. The molecule has 0 saturated carbocycles. The van der Waals surface area contributed by atoms with Crippen LogP contribution < -0.4 is 17.2 Å². The third-order valence-electron chi connectivity index (χ3n) is 2.74. The maximum atomic E-state index is 11.7. The maximum absolute atomic E-state index is 11.7. The van der Waals surface area contributed by atoms with Gasteiger partial charge in [-0.25, -0.2) is 0 Å². The minimum absolute atomic E-state index is 0.0802. The van der Waals surface area contributed by atoms with Crippen molar-refractivity contribution < 1.29 is 9.53 Å². The summed E-state index contributed by atoms with van der Waals surface area (Å²) in [4.78, 5) is 15.5. The predicted molar refractivity (Wildman–Crippen MR) is 78.7 cm³/mol. The lowest BCUT2D eigenvalue weighted by atomic mass is 10.1. The Morgan fingerprint density at radius 2 is 1.90 bits per heavy atom. The number of nitrogens with two attached hydrogens (primary N) is 3. The van der Waals surface area contributed by atoms with Crippen LogP contribution in [0.4, 0.5) is 0 Å². The molecule has 0 fully saturated rings. The Labute approximate surface area is 119 Å². The van der Waals surface area contributed by atoms with E-state index in [1.165, 1.54) is 0 Å². The van der Waals surface area contributed by atoms with Gasteiger partial charge in [0.25, 0.3) is 0 Å². The highest BCUT2D eigenvalue weighted by molar-refractivity contribution is 5.75. The monoisotopic (exact) mass is 278 g/mol. The second-order valence-electron chi connectivity index (χ2n) is 4.50. The van der Waals surface area contributed by atoms with Gasteiger partial charge in [-0.1, -0.05) is 30.3 Å². The molecular formula is C14H22N4O2. The van der Waals surface area contributed by atoms with Crippen LogP contribution in [0.3, 0.4) is 0 Å². The highest BCUT2D eigenvalue weighted by Crippen LogP contribution is 2.05. The number of benzene rings is 1. The molecular weight excluding hydrogens is 256 g/mol. The van der Waals surface area contributed by atoms with Gasteiger partial charge >= 0.3 is 5.97 Å². The van der Waals surface area contributed by atoms with Gasteiger partial charge in [-0.3, -0.25) is 9.79 Å². The molecule has 20 heavy (non-hydrogen) atoms. The molecule has 6 N–H and O–H groups in total. The van der Waals surface area contributed by atoms with Crippen LogP contribution in [0, 0.1) is 0 Å². The zero-order valence-corrected chi connectivity index (χ0v) is 11.5. The Bertz CT molecular complexity index is 430. The number of hydrogen-bond donors (Lipinski definition) is 3. The average molecular weight is 278 g/mol. The molecule has 6 nitrogen and oxygen atoms in total. The first kappa shape index (κ1) is 16.0. The fourth-order valence-corrected chi connectivity index (χ4v) is 1.64. The summed E-state index contributed by atoms with van der Waals surface area (Å²) in [6, 6.07) is 8.90. The molecule has 0 radical (unpaired) electrons. The summed E-state index contributed by atoms with van der Waals surface area (Å²) in [5.74, 6) is -0.299. The Hall–Kier alpha value is -2.08. The molecule has 1 aromatic carbocycles. The summed E-state index contributed by atoms with van der Waals surface area (Å²) in [6.07, 6.45) is 2.13. The van der Waals surface area contributed by atoms with Crippen molar-refractivity contribution in [2.24, 2.45) is 22.2 Å². The van der Waals surface area contributed by atoms with Crippen LogP contribution >= 0.6 is 0 Å². The van der Waals surface area contributed by atoms with E-state index in [0.717, 1.165) is 18.4 Å². The molecule has 0 heterocycles. The number of carbonyl (C=O) groups is 1. The maximum Gasteiger partial charge on any atom is 0.323 e. The van der Waals surface area contributed by atoms with Gasteiger partial charge < -0.3 is 21.9 Å². The van der Waals surface area contributed by atoms with Crippen molar-refractivity contribution in [2.75, 3.05) is 6.54 Å². The lowest BCUT2D eigenvalue weighted by Gasteiger charge is -2.11. The number of hydrogen-bond acceptors (Lipinski definition) is 4. The Balaban J connectivity index is 2.17. The van der Waals surface area contributed by atoms with Crippen molar-refractivity contribution in [1.29, 1.82) is 0 Å². The third-order valence-corrected chi connectivity index (χ3v) is 2.74. The van der Waals surface area contributed by atoms with Crippen LogP contribution in [0.5, 0.6) is 0 Å². The topological polar surface area (TPSA) is 117 Å². The van der Waals surface area contributed by atoms with Gasteiger partial charge in [0.1, 0.15) is 12.6 Å². The van der Waals surface area contributed by atoms with Crippen molar-refractivity contribution in [3.63, 3.8) is 0 Å². The minimum atomic E-state index is -0.599. The van der Waals surface area contributed by atoms with Crippen molar-refractivity contribution in [1.82, 2.24) is 0 Å². The number of rotatable bonds is 8. The third kappa shape index (κ3) is 6.75. The van der Waals surface area contributed by atoms with E-state index in [4.69, 9.17) is 21.9 Å². The number of carbonyl (C=O) groups excluding carboxylic acids is 1. The molecule has 110 valence electrons. The molecule has 6 heteroatoms. The smallest absolute Gasteiger partial charge is 0.323 e. The number of esters is 1. The van der Waals surface area contributed by atoms with E-state index in [-0.39, 0.29) is 18.5 Å². The quantitative estimate of drug-likeness (QED) is 0.277. The van der Waals surface area contributed by atoms with Gasteiger partial charge in [0.05, 0.1) is 0 Å². The molecule has 0 bridgehead atoms. The van der Waals surface area contributed by atoms with Gasteiger partial charge in [-0.05, 0) is 24.8 Å². The fraction of sp³-hybridized carbons (Fsp3) is 0.429. The summed E-state index contributed by atoms with van der Waals surface area (Å²) in [6.45, 7) is 0.801. The summed E-state index contributed by atoms with van der Waals surface area (Å²) in [5.41, 5.74) is 17.1. The van der Waals surface area contributed by atoms with Crippen molar-refractivity contribution in [3.05, 3.63) is 35.9 Å². The van der Waals surface area contributed by atoms with Crippen LogP contribution in [0.1, 0.15) is 24.8 Å². The van der Waals surface area contributed by atoms with Crippen molar-refractivity contribution >= 4 is 11.9 Å². The van der Waals surface area contributed by atoms with Crippen molar-refractivity contribution in [3.8, 4) is 0 Å². The normalized spacial score (nSPS) is 11.7. The van der Waals surface area contributed by atoms with Crippen molar-refractivity contribution in [2.45, 2.75) is 31.9 Å². The molecule has 1 aromatic rings. The molecule has 0 aliphatic heterocycles. The average Bonchev–Trinajstić information content (AvgIpc) is 2.45. The van der Waals surface area contributed by atoms with Gasteiger partial charge in [0, 0.05) is 6.54 Å². The van der Waals surface area contributed by atoms with Gasteiger partial charge in [0.15, 0.2) is 5.96 Å². The van der Waals surface area contributed by atoms with Gasteiger partial charge in [-0.2, -0.15) is 0 Å².